The molecule has 17 heavy (non-hydrogen) atoms. The number of nitrogens with zero attached hydrogens (tertiary/aromatic N) is 1. The Morgan fingerprint density at radius 1 is 1.41 bits per heavy atom. The summed E-state index contributed by atoms with van der Waals surface area (Å²) in [5.41, 5.74) is 1.32. The van der Waals surface area contributed by atoms with Crippen molar-refractivity contribution in [2.24, 2.45) is 0 Å². The SMILES string of the molecule is CC(=O)OC[C@@H]1CCCN1Cc1ccccc1. The Labute approximate surface area is 102 Å². The fraction of sp³-hybridized carbons (Fsp3) is 0.500. The second kappa shape index (κ2) is 5.82. The van der Waals surface area contributed by atoms with Crippen LogP contribution in [-0.2, 0) is 16.1 Å². The van der Waals surface area contributed by atoms with Crippen LogP contribution in [0.3, 0.4) is 0 Å². The highest BCUT2D eigenvalue weighted by molar-refractivity contribution is 5.65. The van der Waals surface area contributed by atoms with Crippen LogP contribution in [0, 0.1) is 0 Å². The number of esters is 1. The Kier molecular flexibility index (Phi) is 4.15. The minimum absolute atomic E-state index is 0.184. The summed E-state index contributed by atoms with van der Waals surface area (Å²) in [5, 5.41) is 0. The molecule has 1 aliphatic heterocycles. The van der Waals surface area contributed by atoms with Gasteiger partial charge in [0.15, 0.2) is 0 Å². The Bertz CT molecular complexity index is 364. The normalized spacial score (nSPS) is 20.4. The van der Waals surface area contributed by atoms with E-state index in [2.05, 4.69) is 29.2 Å². The molecular formula is C14H19NO2. The van der Waals surface area contributed by atoms with E-state index in [0.717, 1.165) is 19.5 Å². The molecule has 0 N–H and O–H groups in total. The van der Waals surface area contributed by atoms with Gasteiger partial charge in [0.1, 0.15) is 6.61 Å². The zero-order valence-electron chi connectivity index (χ0n) is 10.3. The van der Waals surface area contributed by atoms with Gasteiger partial charge in [-0.05, 0) is 24.9 Å². The van der Waals surface area contributed by atoms with Gasteiger partial charge >= 0.3 is 5.97 Å². The highest BCUT2D eigenvalue weighted by Crippen LogP contribution is 2.20. The number of ether oxygens (including phenoxy) is 1. The Hall–Kier alpha value is -1.35. The molecule has 1 heterocycles. The predicted molar refractivity (Wildman–Crippen MR) is 66.5 cm³/mol. The van der Waals surface area contributed by atoms with E-state index in [4.69, 9.17) is 4.74 Å². The average Bonchev–Trinajstić information content (AvgIpc) is 2.75. The van der Waals surface area contributed by atoms with E-state index in [1.807, 2.05) is 6.07 Å². The lowest BCUT2D eigenvalue weighted by molar-refractivity contribution is -0.142. The van der Waals surface area contributed by atoms with E-state index < -0.39 is 0 Å². The lowest BCUT2D eigenvalue weighted by atomic mass is 10.2. The highest BCUT2D eigenvalue weighted by atomic mass is 16.5. The van der Waals surface area contributed by atoms with Crippen molar-refractivity contribution in [3.8, 4) is 0 Å². The Morgan fingerprint density at radius 3 is 2.88 bits per heavy atom. The molecule has 1 aliphatic rings. The molecule has 1 aromatic carbocycles. The van der Waals surface area contributed by atoms with Crippen molar-refractivity contribution < 1.29 is 9.53 Å². The summed E-state index contributed by atoms with van der Waals surface area (Å²) in [7, 11) is 0. The van der Waals surface area contributed by atoms with Gasteiger partial charge in [-0.1, -0.05) is 30.3 Å². The van der Waals surface area contributed by atoms with Gasteiger partial charge in [0.25, 0.3) is 0 Å². The first-order valence-electron chi connectivity index (χ1n) is 6.17. The number of hydrogen-bond acceptors (Lipinski definition) is 3. The van der Waals surface area contributed by atoms with Gasteiger partial charge in [-0.15, -0.1) is 0 Å². The van der Waals surface area contributed by atoms with Gasteiger partial charge in [-0.25, -0.2) is 0 Å². The zero-order chi connectivity index (χ0) is 12.1. The molecule has 0 aliphatic carbocycles. The zero-order valence-corrected chi connectivity index (χ0v) is 10.3. The van der Waals surface area contributed by atoms with Crippen molar-refractivity contribution in [3.05, 3.63) is 35.9 Å². The molecule has 3 nitrogen and oxygen atoms in total. The maximum Gasteiger partial charge on any atom is 0.302 e. The van der Waals surface area contributed by atoms with E-state index in [1.165, 1.54) is 18.9 Å². The topological polar surface area (TPSA) is 29.5 Å². The average molecular weight is 233 g/mol. The van der Waals surface area contributed by atoms with Crippen LogP contribution < -0.4 is 0 Å². The quantitative estimate of drug-likeness (QED) is 0.747. The van der Waals surface area contributed by atoms with Crippen LogP contribution in [0.25, 0.3) is 0 Å². The summed E-state index contributed by atoms with van der Waals surface area (Å²) >= 11 is 0. The van der Waals surface area contributed by atoms with Crippen LogP contribution in [-0.4, -0.2) is 30.1 Å². The molecule has 0 bridgehead atoms. The standard InChI is InChI=1S/C14H19NO2/c1-12(16)17-11-14-8-5-9-15(14)10-13-6-3-2-4-7-13/h2-4,6-7,14H,5,8-11H2,1H3/t14-/m0/s1. The van der Waals surface area contributed by atoms with E-state index in [-0.39, 0.29) is 5.97 Å². The first-order chi connectivity index (χ1) is 8.25. The number of likely N-dealkylation sites (tertiary alicyclic amines) is 1. The first kappa shape index (κ1) is 12.1. The first-order valence-corrected chi connectivity index (χ1v) is 6.17. The second-order valence-corrected chi connectivity index (χ2v) is 4.55. The Morgan fingerprint density at radius 2 is 2.18 bits per heavy atom. The molecule has 0 unspecified atom stereocenters. The van der Waals surface area contributed by atoms with Crippen molar-refractivity contribution in [2.75, 3.05) is 13.2 Å². The van der Waals surface area contributed by atoms with Crippen LogP contribution in [0.2, 0.25) is 0 Å². The van der Waals surface area contributed by atoms with Crippen molar-refractivity contribution in [2.45, 2.75) is 32.4 Å². The van der Waals surface area contributed by atoms with Crippen molar-refractivity contribution in [3.63, 3.8) is 0 Å². The molecular weight excluding hydrogens is 214 g/mol. The molecule has 1 fully saturated rings. The largest absolute Gasteiger partial charge is 0.464 e. The fourth-order valence-electron chi connectivity index (χ4n) is 2.32. The fourth-order valence-corrected chi connectivity index (χ4v) is 2.32. The molecule has 2 rings (SSSR count). The molecule has 0 aromatic heterocycles. The lowest BCUT2D eigenvalue weighted by Crippen LogP contribution is -2.33. The number of carbonyl (C=O) groups is 1. The minimum Gasteiger partial charge on any atom is -0.464 e. The third kappa shape index (κ3) is 3.56. The molecule has 92 valence electrons. The summed E-state index contributed by atoms with van der Waals surface area (Å²) < 4.78 is 5.11. The summed E-state index contributed by atoms with van der Waals surface area (Å²) in [6.07, 6.45) is 2.32. The Balaban J connectivity index is 1.89. The molecule has 0 amide bonds. The smallest absolute Gasteiger partial charge is 0.302 e. The van der Waals surface area contributed by atoms with Crippen LogP contribution >= 0.6 is 0 Å². The molecule has 1 atom stereocenters. The molecule has 1 saturated heterocycles. The highest BCUT2D eigenvalue weighted by Gasteiger charge is 2.25. The predicted octanol–water partition coefficient (Wildman–Crippen LogP) is 2.21. The third-order valence-corrected chi connectivity index (χ3v) is 3.21. The second-order valence-electron chi connectivity index (χ2n) is 4.55. The number of hydrogen-bond donors (Lipinski definition) is 0. The van der Waals surface area contributed by atoms with E-state index in [9.17, 15) is 4.79 Å². The molecule has 0 spiro atoms. The number of rotatable bonds is 4. The van der Waals surface area contributed by atoms with Crippen molar-refractivity contribution in [1.82, 2.24) is 4.90 Å². The van der Waals surface area contributed by atoms with Gasteiger partial charge < -0.3 is 4.74 Å². The number of benzene rings is 1. The van der Waals surface area contributed by atoms with E-state index in [1.54, 1.807) is 0 Å². The maximum absolute atomic E-state index is 10.8. The summed E-state index contributed by atoms with van der Waals surface area (Å²) in [5.74, 6) is -0.184. The minimum atomic E-state index is -0.184. The summed E-state index contributed by atoms with van der Waals surface area (Å²) in [6.45, 7) is 4.05. The van der Waals surface area contributed by atoms with E-state index in [0.29, 0.717) is 12.6 Å². The third-order valence-electron chi connectivity index (χ3n) is 3.21. The van der Waals surface area contributed by atoms with E-state index >= 15 is 0 Å². The van der Waals surface area contributed by atoms with Crippen LogP contribution in [0.5, 0.6) is 0 Å². The van der Waals surface area contributed by atoms with Crippen LogP contribution in [0.4, 0.5) is 0 Å². The van der Waals surface area contributed by atoms with Gasteiger partial charge in [-0.3, -0.25) is 9.69 Å². The molecule has 1 aromatic rings. The van der Waals surface area contributed by atoms with Crippen molar-refractivity contribution >= 4 is 5.97 Å². The van der Waals surface area contributed by atoms with Gasteiger partial charge in [0, 0.05) is 19.5 Å². The van der Waals surface area contributed by atoms with Crippen LogP contribution in [0.15, 0.2) is 30.3 Å². The summed E-state index contributed by atoms with van der Waals surface area (Å²) in [6, 6.07) is 10.8. The lowest BCUT2D eigenvalue weighted by Gasteiger charge is -2.23. The van der Waals surface area contributed by atoms with Gasteiger partial charge in [0.05, 0.1) is 0 Å². The molecule has 3 heteroatoms. The molecule has 0 radical (unpaired) electrons. The van der Waals surface area contributed by atoms with Crippen molar-refractivity contribution in [1.29, 1.82) is 0 Å². The monoisotopic (exact) mass is 233 g/mol. The van der Waals surface area contributed by atoms with Gasteiger partial charge in [0.2, 0.25) is 0 Å². The summed E-state index contributed by atoms with van der Waals surface area (Å²) in [4.78, 5) is 13.2. The molecule has 0 saturated carbocycles. The van der Waals surface area contributed by atoms with Gasteiger partial charge in [-0.2, -0.15) is 0 Å². The maximum atomic E-state index is 10.8. The van der Waals surface area contributed by atoms with Crippen LogP contribution in [0.1, 0.15) is 25.3 Å². The number of carbonyl (C=O) groups excluding carboxylic acids is 1.